The van der Waals surface area contributed by atoms with Gasteiger partial charge >= 0.3 is 0 Å². The number of ketones is 1. The molecule has 0 radical (unpaired) electrons. The Labute approximate surface area is 104 Å². The van der Waals surface area contributed by atoms with Crippen molar-refractivity contribution in [3.05, 3.63) is 53.2 Å². The summed E-state index contributed by atoms with van der Waals surface area (Å²) in [6.07, 6.45) is 1.49. The average molecular weight is 248 g/mol. The second kappa shape index (κ2) is 4.97. The molecule has 0 amide bonds. The number of hydrogen-bond donors (Lipinski definition) is 0. The highest BCUT2D eigenvalue weighted by atomic mass is 35.5. The number of nitrogens with zero attached hydrogens (tertiary/aromatic N) is 1. The van der Waals surface area contributed by atoms with Crippen LogP contribution in [0.4, 0.5) is 0 Å². The van der Waals surface area contributed by atoms with Gasteiger partial charge in [-0.3, -0.25) is 4.79 Å². The number of benzene rings is 1. The lowest BCUT2D eigenvalue weighted by atomic mass is 10.2. The molecule has 1 aromatic carbocycles. The van der Waals surface area contributed by atoms with Crippen LogP contribution < -0.4 is 4.74 Å². The number of carbonyl (C=O) groups excluding carboxylic acids is 1. The molecule has 0 aliphatic heterocycles. The molecule has 0 N–H and O–H groups in total. The molecule has 2 aromatic rings. The van der Waals surface area contributed by atoms with Crippen LogP contribution in [0.5, 0.6) is 11.6 Å². The highest BCUT2D eigenvalue weighted by Crippen LogP contribution is 2.21. The number of Topliss-reactive ketones (excluding diaryl/α,β-unsaturated/α-hetero) is 1. The lowest BCUT2D eigenvalue weighted by molar-refractivity contribution is 0.101. The predicted octanol–water partition coefficient (Wildman–Crippen LogP) is 3.73. The minimum atomic E-state index is -0.0180. The van der Waals surface area contributed by atoms with Gasteiger partial charge < -0.3 is 4.74 Å². The van der Waals surface area contributed by atoms with Crippen molar-refractivity contribution in [2.75, 3.05) is 0 Å². The maximum atomic E-state index is 11.1. The van der Waals surface area contributed by atoms with Crippen LogP contribution in [0.1, 0.15) is 17.3 Å². The summed E-state index contributed by atoms with van der Waals surface area (Å²) in [5, 5.41) is 0.650. The number of pyridine rings is 1. The summed E-state index contributed by atoms with van der Waals surface area (Å²) in [5.41, 5.74) is 0.563. The number of halogens is 1. The summed E-state index contributed by atoms with van der Waals surface area (Å²) >= 11 is 5.76. The number of carbonyl (C=O) groups is 1. The summed E-state index contributed by atoms with van der Waals surface area (Å²) in [7, 11) is 0. The first-order chi connectivity index (χ1) is 8.15. The van der Waals surface area contributed by atoms with Gasteiger partial charge in [-0.1, -0.05) is 11.6 Å². The molecule has 0 unspecified atom stereocenters. The number of ether oxygens (including phenoxy) is 1. The van der Waals surface area contributed by atoms with Gasteiger partial charge in [0.05, 0.1) is 0 Å². The maximum Gasteiger partial charge on any atom is 0.219 e. The van der Waals surface area contributed by atoms with Gasteiger partial charge in [0.15, 0.2) is 5.78 Å². The topological polar surface area (TPSA) is 39.2 Å². The van der Waals surface area contributed by atoms with E-state index in [1.165, 1.54) is 13.1 Å². The molecule has 1 aromatic heterocycles. The van der Waals surface area contributed by atoms with Crippen LogP contribution in [0.3, 0.4) is 0 Å². The Morgan fingerprint density at radius 1 is 1.18 bits per heavy atom. The third-order valence-electron chi connectivity index (χ3n) is 2.18. The summed E-state index contributed by atoms with van der Waals surface area (Å²) < 4.78 is 5.49. The number of aromatic nitrogens is 1. The minimum absolute atomic E-state index is 0.0180. The van der Waals surface area contributed by atoms with E-state index in [4.69, 9.17) is 16.3 Å². The van der Waals surface area contributed by atoms with E-state index in [2.05, 4.69) is 4.98 Å². The fraction of sp³-hybridized carbons (Fsp3) is 0.0769. The molecule has 2 rings (SSSR count). The molecular formula is C13H10ClNO2. The largest absolute Gasteiger partial charge is 0.439 e. The van der Waals surface area contributed by atoms with Crippen molar-refractivity contribution in [2.24, 2.45) is 0 Å². The van der Waals surface area contributed by atoms with E-state index < -0.39 is 0 Å². The molecule has 3 nitrogen and oxygen atoms in total. The van der Waals surface area contributed by atoms with Crippen molar-refractivity contribution in [3.63, 3.8) is 0 Å². The minimum Gasteiger partial charge on any atom is -0.439 e. The van der Waals surface area contributed by atoms with Crippen LogP contribution in [0.25, 0.3) is 0 Å². The molecule has 17 heavy (non-hydrogen) atoms. The molecule has 0 aliphatic rings. The van der Waals surface area contributed by atoms with Crippen LogP contribution in [-0.4, -0.2) is 10.8 Å². The third kappa shape index (κ3) is 3.04. The first kappa shape index (κ1) is 11.6. The van der Waals surface area contributed by atoms with Gasteiger partial charge in [0.2, 0.25) is 5.88 Å². The van der Waals surface area contributed by atoms with Gasteiger partial charge in [-0.05, 0) is 37.3 Å². The van der Waals surface area contributed by atoms with Crippen molar-refractivity contribution in [2.45, 2.75) is 6.92 Å². The first-order valence-corrected chi connectivity index (χ1v) is 5.43. The molecule has 0 fully saturated rings. The molecule has 86 valence electrons. The van der Waals surface area contributed by atoms with E-state index in [9.17, 15) is 4.79 Å². The molecular weight excluding hydrogens is 238 g/mol. The molecule has 0 saturated carbocycles. The second-order valence-corrected chi connectivity index (χ2v) is 3.93. The van der Waals surface area contributed by atoms with Crippen LogP contribution >= 0.6 is 11.6 Å². The Kier molecular flexibility index (Phi) is 3.40. The van der Waals surface area contributed by atoms with Crippen molar-refractivity contribution in [1.29, 1.82) is 0 Å². The molecule has 0 bridgehead atoms. The average Bonchev–Trinajstić information content (AvgIpc) is 2.33. The van der Waals surface area contributed by atoms with Gasteiger partial charge in [0.25, 0.3) is 0 Å². The Hall–Kier alpha value is -1.87. The van der Waals surface area contributed by atoms with Gasteiger partial charge in [0.1, 0.15) is 5.75 Å². The van der Waals surface area contributed by atoms with Crippen molar-refractivity contribution in [1.82, 2.24) is 4.98 Å². The Bertz CT molecular complexity index is 520. The Morgan fingerprint density at radius 2 is 1.88 bits per heavy atom. The molecule has 0 spiro atoms. The fourth-order valence-corrected chi connectivity index (χ4v) is 1.40. The fourth-order valence-electron chi connectivity index (χ4n) is 1.27. The van der Waals surface area contributed by atoms with Gasteiger partial charge in [-0.15, -0.1) is 0 Å². The summed E-state index contributed by atoms with van der Waals surface area (Å²) in [5.74, 6) is 1.07. The van der Waals surface area contributed by atoms with Crippen LogP contribution in [0.15, 0.2) is 42.6 Å². The number of hydrogen-bond acceptors (Lipinski definition) is 3. The van der Waals surface area contributed by atoms with E-state index in [0.717, 1.165) is 0 Å². The van der Waals surface area contributed by atoms with E-state index in [1.807, 2.05) is 0 Å². The molecule has 4 heteroatoms. The van der Waals surface area contributed by atoms with Gasteiger partial charge in [-0.25, -0.2) is 4.98 Å². The summed E-state index contributed by atoms with van der Waals surface area (Å²) in [6, 6.07) is 10.3. The van der Waals surface area contributed by atoms with Crippen LogP contribution in [0.2, 0.25) is 5.02 Å². The Balaban J connectivity index is 2.13. The van der Waals surface area contributed by atoms with Crippen molar-refractivity contribution in [3.8, 4) is 11.6 Å². The standard InChI is InChI=1S/C13H10ClNO2/c1-9(16)10-2-7-13(15-8-10)17-12-5-3-11(14)4-6-12/h2-8H,1H3. The van der Waals surface area contributed by atoms with Crippen LogP contribution in [-0.2, 0) is 0 Å². The van der Waals surface area contributed by atoms with Crippen molar-refractivity contribution < 1.29 is 9.53 Å². The van der Waals surface area contributed by atoms with E-state index >= 15 is 0 Å². The monoisotopic (exact) mass is 247 g/mol. The van der Waals surface area contributed by atoms with E-state index in [0.29, 0.717) is 22.2 Å². The van der Waals surface area contributed by atoms with Gasteiger partial charge in [-0.2, -0.15) is 0 Å². The quantitative estimate of drug-likeness (QED) is 0.776. The summed E-state index contributed by atoms with van der Waals surface area (Å²) in [4.78, 5) is 15.1. The predicted molar refractivity (Wildman–Crippen MR) is 65.8 cm³/mol. The molecule has 1 heterocycles. The SMILES string of the molecule is CC(=O)c1ccc(Oc2ccc(Cl)cc2)nc1. The summed E-state index contributed by atoms with van der Waals surface area (Å²) in [6.45, 7) is 1.50. The number of rotatable bonds is 3. The first-order valence-electron chi connectivity index (χ1n) is 5.05. The molecule has 0 saturated heterocycles. The van der Waals surface area contributed by atoms with E-state index in [-0.39, 0.29) is 5.78 Å². The van der Waals surface area contributed by atoms with Crippen LogP contribution in [0, 0.1) is 0 Å². The zero-order chi connectivity index (χ0) is 12.3. The lowest BCUT2D eigenvalue weighted by Gasteiger charge is -2.04. The zero-order valence-corrected chi connectivity index (χ0v) is 9.94. The Morgan fingerprint density at radius 3 is 2.41 bits per heavy atom. The maximum absolute atomic E-state index is 11.1. The highest BCUT2D eigenvalue weighted by Gasteiger charge is 2.02. The lowest BCUT2D eigenvalue weighted by Crippen LogP contribution is -1.94. The second-order valence-electron chi connectivity index (χ2n) is 3.50. The van der Waals surface area contributed by atoms with Crippen molar-refractivity contribution >= 4 is 17.4 Å². The molecule has 0 atom stereocenters. The zero-order valence-electron chi connectivity index (χ0n) is 9.18. The molecule has 0 aliphatic carbocycles. The third-order valence-corrected chi connectivity index (χ3v) is 2.43. The van der Waals surface area contributed by atoms with Gasteiger partial charge in [0, 0.05) is 22.8 Å². The normalized spacial score (nSPS) is 10.0. The van der Waals surface area contributed by atoms with E-state index in [1.54, 1.807) is 36.4 Å². The highest BCUT2D eigenvalue weighted by molar-refractivity contribution is 6.30. The smallest absolute Gasteiger partial charge is 0.219 e.